The summed E-state index contributed by atoms with van der Waals surface area (Å²) in [6, 6.07) is 7.93. The second-order valence-electron chi connectivity index (χ2n) is 2.52. The van der Waals surface area contributed by atoms with Gasteiger partial charge in [0.2, 0.25) is 0 Å². The Balaban J connectivity index is 2.52. The summed E-state index contributed by atoms with van der Waals surface area (Å²) in [6.45, 7) is 0. The van der Waals surface area contributed by atoms with Crippen LogP contribution in [0.2, 0.25) is 0 Å². The van der Waals surface area contributed by atoms with Gasteiger partial charge in [-0.25, -0.2) is 0 Å². The molecule has 0 spiro atoms. The molecule has 1 aromatic carbocycles. The van der Waals surface area contributed by atoms with Crippen molar-refractivity contribution in [2.75, 3.05) is 5.75 Å². The molecule has 0 bridgehead atoms. The minimum Gasteiger partial charge on any atom is -0.293 e. The lowest BCUT2D eigenvalue weighted by Gasteiger charge is -2.04. The molecule has 1 rings (SSSR count). The average Bonchev–Trinajstić information content (AvgIpc) is 2.14. The summed E-state index contributed by atoms with van der Waals surface area (Å²) in [5, 5.41) is 0. The lowest BCUT2D eigenvalue weighted by atomic mass is 10.2. The van der Waals surface area contributed by atoms with Crippen LogP contribution in [0.15, 0.2) is 30.3 Å². The fourth-order valence-electron chi connectivity index (χ4n) is 0.855. The molecule has 0 N–H and O–H groups in total. The zero-order valence-corrected chi connectivity index (χ0v) is 7.86. The number of carbonyl (C=O) groups is 1. The Kier molecular flexibility index (Phi) is 3.57. The number of Topliss-reactive ketones (excluding diaryl/α,β-unsaturated/α-hetero) is 1. The molecule has 14 heavy (non-hydrogen) atoms. The summed E-state index contributed by atoms with van der Waals surface area (Å²) < 4.78 is 35.2. The van der Waals surface area contributed by atoms with E-state index in [9.17, 15) is 18.0 Å². The highest BCUT2D eigenvalue weighted by molar-refractivity contribution is 8.00. The van der Waals surface area contributed by atoms with Crippen LogP contribution in [0.5, 0.6) is 0 Å². The average molecular weight is 219 g/mol. The third-order valence-corrected chi connectivity index (χ3v) is 2.20. The van der Waals surface area contributed by atoms with Crippen molar-refractivity contribution in [3.8, 4) is 0 Å². The molecule has 0 heterocycles. The van der Waals surface area contributed by atoms with Gasteiger partial charge in [0, 0.05) is 5.56 Å². The van der Waals surface area contributed by atoms with Crippen LogP contribution in [0.4, 0.5) is 13.2 Å². The highest BCUT2D eigenvalue weighted by Crippen LogP contribution is 2.30. The van der Waals surface area contributed by atoms with Crippen LogP contribution in [-0.4, -0.2) is 17.0 Å². The van der Waals surface area contributed by atoms with Gasteiger partial charge in [-0.2, -0.15) is 13.2 Å². The Morgan fingerprint density at radius 1 is 1.21 bits per heavy atom. The predicted octanol–water partition coefficient (Wildman–Crippen LogP) is 3.12. The van der Waals surface area contributed by atoms with Gasteiger partial charge >= 0.3 is 5.51 Å². The highest BCUT2D eigenvalue weighted by atomic mass is 32.2. The van der Waals surface area contributed by atoms with Gasteiger partial charge in [0.25, 0.3) is 0 Å². The number of ketones is 1. The molecule has 0 saturated heterocycles. The number of halogens is 3. The van der Waals surface area contributed by atoms with Crippen molar-refractivity contribution in [2.45, 2.75) is 5.51 Å². The van der Waals surface area contributed by atoms with Crippen LogP contribution in [0.1, 0.15) is 10.4 Å². The van der Waals surface area contributed by atoms with E-state index < -0.39 is 17.0 Å². The molecular weight excluding hydrogens is 212 g/mol. The molecule has 76 valence electrons. The summed E-state index contributed by atoms with van der Waals surface area (Å²) >= 11 is -0.313. The molecule has 0 radical (unpaired) electrons. The monoisotopic (exact) mass is 219 g/mol. The van der Waals surface area contributed by atoms with Gasteiger partial charge in [0.1, 0.15) is 0 Å². The number of rotatable bonds is 3. The van der Waals surface area contributed by atoms with Crippen LogP contribution in [-0.2, 0) is 0 Å². The zero-order valence-electron chi connectivity index (χ0n) is 7.04. The number of hydrogen-bond acceptors (Lipinski definition) is 2. The normalized spacial score (nSPS) is 11.4. The first-order chi connectivity index (χ1) is 6.49. The molecule has 0 amide bonds. The van der Waals surface area contributed by atoms with E-state index in [1.165, 1.54) is 12.1 Å². The smallest absolute Gasteiger partial charge is 0.293 e. The SMILES string of the molecule is O=C(CSC(F)(F)[18F])c1ccccc1. The van der Waals surface area contributed by atoms with E-state index in [4.69, 9.17) is 0 Å². The Morgan fingerprint density at radius 2 is 1.79 bits per heavy atom. The Labute approximate surface area is 83.3 Å². The summed E-state index contributed by atoms with van der Waals surface area (Å²) in [4.78, 5) is 11.2. The van der Waals surface area contributed by atoms with Crippen molar-refractivity contribution in [3.05, 3.63) is 35.9 Å². The van der Waals surface area contributed by atoms with Crippen molar-refractivity contribution in [2.24, 2.45) is 0 Å². The quantitative estimate of drug-likeness (QED) is 0.726. The van der Waals surface area contributed by atoms with E-state index in [-0.39, 0.29) is 11.8 Å². The molecule has 0 saturated carbocycles. The van der Waals surface area contributed by atoms with E-state index >= 15 is 0 Å². The van der Waals surface area contributed by atoms with E-state index in [0.717, 1.165) is 0 Å². The molecule has 0 atom stereocenters. The lowest BCUT2D eigenvalue weighted by molar-refractivity contribution is -0.0327. The van der Waals surface area contributed by atoms with Gasteiger partial charge in [0.15, 0.2) is 5.78 Å². The van der Waals surface area contributed by atoms with Gasteiger partial charge in [-0.1, -0.05) is 30.3 Å². The fraction of sp³-hybridized carbons (Fsp3) is 0.222. The standard InChI is InChI=1S/C9H7F3OS/c10-9(11,12)14-6-8(13)7-4-2-1-3-5-7/h1-5H,6H2/i10-1. The number of hydrogen-bond donors (Lipinski definition) is 0. The molecule has 1 nitrogen and oxygen atoms in total. The lowest BCUT2D eigenvalue weighted by Crippen LogP contribution is -2.08. The summed E-state index contributed by atoms with van der Waals surface area (Å²) in [5.41, 5.74) is -4.03. The molecule has 0 aliphatic carbocycles. The molecule has 0 aromatic heterocycles. The molecule has 1 aromatic rings. The summed E-state index contributed by atoms with van der Waals surface area (Å²) in [6.07, 6.45) is 0. The topological polar surface area (TPSA) is 17.1 Å². The van der Waals surface area contributed by atoms with Crippen LogP contribution in [0.25, 0.3) is 0 Å². The minimum atomic E-state index is -4.34. The van der Waals surface area contributed by atoms with Crippen LogP contribution < -0.4 is 0 Å². The molecule has 0 unspecified atom stereocenters. The second kappa shape index (κ2) is 4.50. The first-order valence-electron chi connectivity index (χ1n) is 3.78. The summed E-state index contributed by atoms with van der Waals surface area (Å²) in [7, 11) is 0. The fourth-order valence-corrected chi connectivity index (χ4v) is 1.32. The maximum absolute atomic E-state index is 11.7. The van der Waals surface area contributed by atoms with Gasteiger partial charge < -0.3 is 0 Å². The molecule has 0 fully saturated rings. The first-order valence-corrected chi connectivity index (χ1v) is 4.76. The van der Waals surface area contributed by atoms with Gasteiger partial charge in [-0.3, -0.25) is 4.79 Å². The predicted molar refractivity (Wildman–Crippen MR) is 49.3 cm³/mol. The van der Waals surface area contributed by atoms with Gasteiger partial charge in [0.05, 0.1) is 5.75 Å². The van der Waals surface area contributed by atoms with Crippen LogP contribution >= 0.6 is 11.8 Å². The number of thioether (sulfide) groups is 1. The van der Waals surface area contributed by atoms with E-state index in [0.29, 0.717) is 5.56 Å². The molecule has 0 aliphatic heterocycles. The first kappa shape index (κ1) is 11.1. The largest absolute Gasteiger partial charge is 0.442 e. The van der Waals surface area contributed by atoms with E-state index in [1.54, 1.807) is 18.2 Å². The zero-order chi connectivity index (χ0) is 10.6. The highest BCUT2D eigenvalue weighted by Gasteiger charge is 2.29. The van der Waals surface area contributed by atoms with E-state index in [1.807, 2.05) is 0 Å². The van der Waals surface area contributed by atoms with Crippen molar-refractivity contribution in [3.63, 3.8) is 0 Å². The molecule has 0 aliphatic rings. The summed E-state index contributed by atoms with van der Waals surface area (Å²) in [5.74, 6) is -1.07. The van der Waals surface area contributed by atoms with Gasteiger partial charge in [-0.05, 0) is 11.8 Å². The van der Waals surface area contributed by atoms with Crippen LogP contribution in [0.3, 0.4) is 0 Å². The molecule has 5 heteroatoms. The van der Waals surface area contributed by atoms with Gasteiger partial charge in [-0.15, -0.1) is 0 Å². The number of alkyl halides is 3. The Hall–Kier alpha value is -0.970. The maximum Gasteiger partial charge on any atom is 0.442 e. The Bertz CT molecular complexity index is 308. The Morgan fingerprint density at radius 3 is 2.29 bits per heavy atom. The molecular formula is C9H7F3OS. The van der Waals surface area contributed by atoms with Crippen LogP contribution in [0, 0.1) is 0 Å². The maximum atomic E-state index is 11.7. The third-order valence-electron chi connectivity index (χ3n) is 1.46. The van der Waals surface area contributed by atoms with Crippen molar-refractivity contribution >= 4 is 17.5 Å². The van der Waals surface area contributed by atoms with Crippen molar-refractivity contribution < 1.29 is 18.0 Å². The number of benzene rings is 1. The van der Waals surface area contributed by atoms with Crippen molar-refractivity contribution in [1.82, 2.24) is 0 Å². The number of carbonyl (C=O) groups excluding carboxylic acids is 1. The minimum absolute atomic E-state index is 0.309. The van der Waals surface area contributed by atoms with Crippen molar-refractivity contribution in [1.29, 1.82) is 0 Å². The third kappa shape index (κ3) is 3.83. The second-order valence-corrected chi connectivity index (χ2v) is 3.56. The van der Waals surface area contributed by atoms with E-state index in [2.05, 4.69) is 0 Å².